The Morgan fingerprint density at radius 2 is 0.544 bits per heavy atom. The Hall–Kier alpha value is -1.62. The van der Waals surface area contributed by atoms with E-state index >= 15 is 0 Å². The largest absolute Gasteiger partial charge is 0.462 e. The number of hydrogen-bond donors (Lipinski definition) is 1. The van der Waals surface area contributed by atoms with E-state index in [4.69, 9.17) is 9.47 Å². The van der Waals surface area contributed by atoms with Gasteiger partial charge in [0.1, 0.15) is 6.61 Å². The SMILES string of the molecule is CCCCCCCCCC/C=C\CCCCCCCCCCCCCCCCCCCCCCCC(=O)OC(CO)COC(=O)CCCCCCCCCCC/C=C\CCCCCCCCCC. The van der Waals surface area contributed by atoms with Crippen molar-refractivity contribution in [2.75, 3.05) is 13.2 Å². The number of hydrogen-bond acceptors (Lipinski definition) is 5. The predicted molar refractivity (Wildman–Crippen MR) is 298 cm³/mol. The first-order chi connectivity index (χ1) is 33.6. The van der Waals surface area contributed by atoms with Crippen molar-refractivity contribution in [3.05, 3.63) is 24.3 Å². The Morgan fingerprint density at radius 1 is 0.324 bits per heavy atom. The van der Waals surface area contributed by atoms with Crippen molar-refractivity contribution in [1.82, 2.24) is 0 Å². The molecule has 0 fully saturated rings. The molecular formula is C63H120O5. The fourth-order valence-electron chi connectivity index (χ4n) is 9.55. The zero-order valence-corrected chi connectivity index (χ0v) is 46.2. The van der Waals surface area contributed by atoms with Gasteiger partial charge in [0.25, 0.3) is 0 Å². The summed E-state index contributed by atoms with van der Waals surface area (Å²) in [6, 6.07) is 0. The van der Waals surface area contributed by atoms with Crippen molar-refractivity contribution in [3.63, 3.8) is 0 Å². The quantitative estimate of drug-likeness (QED) is 0.0374. The molecule has 0 amide bonds. The first-order valence-electron chi connectivity index (χ1n) is 30.9. The van der Waals surface area contributed by atoms with E-state index in [9.17, 15) is 14.7 Å². The van der Waals surface area contributed by atoms with E-state index < -0.39 is 6.10 Å². The van der Waals surface area contributed by atoms with Gasteiger partial charge in [0.05, 0.1) is 6.61 Å². The molecule has 5 heteroatoms. The molecule has 0 aliphatic heterocycles. The van der Waals surface area contributed by atoms with Crippen molar-refractivity contribution in [2.45, 2.75) is 354 Å². The highest BCUT2D eigenvalue weighted by molar-refractivity contribution is 5.70. The third-order valence-electron chi connectivity index (χ3n) is 14.2. The van der Waals surface area contributed by atoms with Crippen LogP contribution in [-0.4, -0.2) is 36.4 Å². The van der Waals surface area contributed by atoms with E-state index in [1.807, 2.05) is 0 Å². The fourth-order valence-corrected chi connectivity index (χ4v) is 9.55. The molecule has 68 heavy (non-hydrogen) atoms. The minimum atomic E-state index is -0.769. The van der Waals surface area contributed by atoms with E-state index in [0.29, 0.717) is 12.8 Å². The zero-order valence-electron chi connectivity index (χ0n) is 46.2. The Labute approximate surface area is 425 Å². The smallest absolute Gasteiger partial charge is 0.306 e. The maximum atomic E-state index is 12.3. The van der Waals surface area contributed by atoms with Crippen LogP contribution in [0.5, 0.6) is 0 Å². The molecule has 0 spiro atoms. The summed E-state index contributed by atoms with van der Waals surface area (Å²) in [5.74, 6) is -0.572. The molecule has 0 aromatic carbocycles. The topological polar surface area (TPSA) is 72.8 Å². The van der Waals surface area contributed by atoms with Crippen molar-refractivity contribution >= 4 is 11.9 Å². The number of aliphatic hydroxyl groups is 1. The number of unbranched alkanes of at least 4 members (excludes halogenated alkanes) is 46. The highest BCUT2D eigenvalue weighted by atomic mass is 16.6. The van der Waals surface area contributed by atoms with Crippen molar-refractivity contribution < 1.29 is 24.2 Å². The minimum Gasteiger partial charge on any atom is -0.462 e. The summed E-state index contributed by atoms with van der Waals surface area (Å²) in [5, 5.41) is 9.66. The number of carbonyl (C=O) groups excluding carboxylic acids is 2. The molecule has 402 valence electrons. The Morgan fingerprint density at radius 3 is 0.794 bits per heavy atom. The number of rotatable bonds is 58. The minimum absolute atomic E-state index is 0.0610. The van der Waals surface area contributed by atoms with Crippen LogP contribution >= 0.6 is 0 Å². The summed E-state index contributed by atoms with van der Waals surface area (Å²) in [4.78, 5) is 24.5. The summed E-state index contributed by atoms with van der Waals surface area (Å²) in [7, 11) is 0. The number of allylic oxidation sites excluding steroid dienone is 4. The van der Waals surface area contributed by atoms with Gasteiger partial charge in [-0.2, -0.15) is 0 Å². The first-order valence-corrected chi connectivity index (χ1v) is 30.9. The highest BCUT2D eigenvalue weighted by Crippen LogP contribution is 2.18. The normalized spacial score (nSPS) is 12.2. The first kappa shape index (κ1) is 66.4. The van der Waals surface area contributed by atoms with Gasteiger partial charge in [-0.25, -0.2) is 0 Å². The second-order valence-electron chi connectivity index (χ2n) is 21.1. The summed E-state index contributed by atoms with van der Waals surface area (Å²) >= 11 is 0. The Bertz CT molecular complexity index is 1040. The van der Waals surface area contributed by atoms with Crippen LogP contribution in [0.2, 0.25) is 0 Å². The number of carbonyl (C=O) groups is 2. The molecule has 0 aliphatic carbocycles. The maximum Gasteiger partial charge on any atom is 0.306 e. The molecule has 0 aliphatic rings. The number of ether oxygens (including phenoxy) is 2. The molecule has 0 aromatic rings. The lowest BCUT2D eigenvalue weighted by Crippen LogP contribution is -2.28. The van der Waals surface area contributed by atoms with Crippen LogP contribution in [0, 0.1) is 0 Å². The maximum absolute atomic E-state index is 12.3. The van der Waals surface area contributed by atoms with Crippen molar-refractivity contribution in [2.24, 2.45) is 0 Å². The van der Waals surface area contributed by atoms with E-state index in [-0.39, 0.29) is 25.2 Å². The Kier molecular flexibility index (Phi) is 58.3. The van der Waals surface area contributed by atoms with Crippen LogP contribution < -0.4 is 0 Å². The summed E-state index contributed by atoms with van der Waals surface area (Å²) in [6.07, 6.45) is 76.1. The third kappa shape index (κ3) is 57.0. The zero-order chi connectivity index (χ0) is 49.2. The van der Waals surface area contributed by atoms with Crippen LogP contribution in [0.25, 0.3) is 0 Å². The van der Waals surface area contributed by atoms with Crippen molar-refractivity contribution in [1.29, 1.82) is 0 Å². The number of aliphatic hydroxyl groups excluding tert-OH is 1. The van der Waals surface area contributed by atoms with Gasteiger partial charge in [-0.3, -0.25) is 9.59 Å². The van der Waals surface area contributed by atoms with Crippen LogP contribution in [0.15, 0.2) is 24.3 Å². The van der Waals surface area contributed by atoms with Crippen molar-refractivity contribution in [3.8, 4) is 0 Å². The van der Waals surface area contributed by atoms with Crippen LogP contribution in [-0.2, 0) is 19.1 Å². The lowest BCUT2D eigenvalue weighted by Gasteiger charge is -2.15. The third-order valence-corrected chi connectivity index (χ3v) is 14.2. The predicted octanol–water partition coefficient (Wildman–Crippen LogP) is 20.9. The van der Waals surface area contributed by atoms with Gasteiger partial charge in [-0.1, -0.05) is 295 Å². The molecule has 1 atom stereocenters. The molecule has 0 bridgehead atoms. The highest BCUT2D eigenvalue weighted by Gasteiger charge is 2.16. The molecule has 0 saturated heterocycles. The van der Waals surface area contributed by atoms with Gasteiger partial charge in [0.15, 0.2) is 6.10 Å². The lowest BCUT2D eigenvalue weighted by molar-refractivity contribution is -0.161. The number of esters is 2. The van der Waals surface area contributed by atoms with Gasteiger partial charge in [0.2, 0.25) is 0 Å². The molecular weight excluding hydrogens is 837 g/mol. The molecule has 1 N–H and O–H groups in total. The molecule has 0 radical (unpaired) electrons. The van der Waals surface area contributed by atoms with Crippen LogP contribution in [0.4, 0.5) is 0 Å². The molecule has 0 rings (SSSR count). The Balaban J connectivity index is 3.40. The molecule has 5 nitrogen and oxygen atoms in total. The monoisotopic (exact) mass is 957 g/mol. The average molecular weight is 958 g/mol. The van der Waals surface area contributed by atoms with Gasteiger partial charge in [0, 0.05) is 12.8 Å². The van der Waals surface area contributed by atoms with Gasteiger partial charge in [-0.15, -0.1) is 0 Å². The van der Waals surface area contributed by atoms with Gasteiger partial charge < -0.3 is 14.6 Å². The van der Waals surface area contributed by atoms with Gasteiger partial charge >= 0.3 is 11.9 Å². The summed E-state index contributed by atoms with van der Waals surface area (Å²) in [5.41, 5.74) is 0. The van der Waals surface area contributed by atoms with Crippen LogP contribution in [0.1, 0.15) is 348 Å². The molecule has 0 heterocycles. The molecule has 0 saturated carbocycles. The molecule has 0 aromatic heterocycles. The van der Waals surface area contributed by atoms with Gasteiger partial charge in [-0.05, 0) is 64.2 Å². The van der Waals surface area contributed by atoms with E-state index in [1.54, 1.807) is 0 Å². The van der Waals surface area contributed by atoms with Crippen LogP contribution in [0.3, 0.4) is 0 Å². The summed E-state index contributed by atoms with van der Waals surface area (Å²) in [6.45, 7) is 4.19. The van der Waals surface area contributed by atoms with E-state index in [0.717, 1.165) is 38.5 Å². The second-order valence-corrected chi connectivity index (χ2v) is 21.1. The lowest BCUT2D eigenvalue weighted by atomic mass is 10.0. The fraction of sp³-hybridized carbons (Fsp3) is 0.905. The second kappa shape index (κ2) is 59.7. The van der Waals surface area contributed by atoms with E-state index in [2.05, 4.69) is 38.2 Å². The average Bonchev–Trinajstić information content (AvgIpc) is 3.34. The standard InChI is InChI=1S/C63H120O5/c1-3-5-7-9-11-13-15-17-19-21-23-25-26-27-28-29-30-31-32-33-34-35-36-38-40-42-44-46-48-50-52-54-56-58-63(66)68-61(59-64)60-67-62(65)57-55-53-51-49-47-45-43-41-39-37-24-22-20-18-16-14-12-10-8-6-4-2/h21-24,61,64H,3-20,25-60H2,1-2H3/b23-21-,24-22-. The summed E-state index contributed by atoms with van der Waals surface area (Å²) < 4.78 is 10.7. The molecule has 1 unspecified atom stereocenters. The van der Waals surface area contributed by atoms with E-state index in [1.165, 1.54) is 283 Å².